The Morgan fingerprint density at radius 3 is 2.55 bits per heavy atom. The van der Waals surface area contributed by atoms with Gasteiger partial charge in [0.2, 0.25) is 0 Å². The normalized spacial score (nSPS) is 10.3. The topological polar surface area (TPSA) is 72.2 Å². The maximum Gasteiger partial charge on any atom is 0.282 e. The van der Waals surface area contributed by atoms with Crippen molar-refractivity contribution in [3.8, 4) is 0 Å². The van der Waals surface area contributed by atoms with Crippen LogP contribution in [0, 0.1) is 10.1 Å². The summed E-state index contributed by atoms with van der Waals surface area (Å²) < 4.78 is 0. The molecule has 0 aliphatic rings. The van der Waals surface area contributed by atoms with Gasteiger partial charge in [0.15, 0.2) is 0 Å². The highest BCUT2D eigenvalue weighted by atomic mass is 35.5. The molecule has 22 heavy (non-hydrogen) atoms. The van der Waals surface area contributed by atoms with Crippen LogP contribution in [-0.4, -0.2) is 17.1 Å². The molecule has 0 bridgehead atoms. The highest BCUT2D eigenvalue weighted by Crippen LogP contribution is 2.28. The Morgan fingerprint density at radius 1 is 1.23 bits per heavy atom. The monoisotopic (exact) mass is 356 g/mol. The predicted molar refractivity (Wildman–Crippen MR) is 89.3 cm³/mol. The van der Waals surface area contributed by atoms with Crippen LogP contribution in [0.1, 0.15) is 10.4 Å². The van der Waals surface area contributed by atoms with Gasteiger partial charge in [0.1, 0.15) is 5.56 Å². The van der Waals surface area contributed by atoms with E-state index in [2.05, 4.69) is 5.32 Å². The molecule has 0 heterocycles. The van der Waals surface area contributed by atoms with E-state index in [9.17, 15) is 14.9 Å². The third kappa shape index (κ3) is 3.71. The Labute approximate surface area is 140 Å². The van der Waals surface area contributed by atoms with Crippen LogP contribution in [0.4, 0.5) is 11.4 Å². The third-order valence-electron chi connectivity index (χ3n) is 2.82. The fourth-order valence-corrected chi connectivity index (χ4v) is 2.66. The lowest BCUT2D eigenvalue weighted by Crippen LogP contribution is -2.14. The summed E-state index contributed by atoms with van der Waals surface area (Å²) >= 11 is 13.2. The van der Waals surface area contributed by atoms with Crippen molar-refractivity contribution >= 4 is 52.2 Å². The van der Waals surface area contributed by atoms with Crippen molar-refractivity contribution in [2.24, 2.45) is 0 Å². The first-order valence-electron chi connectivity index (χ1n) is 6.01. The number of carbonyl (C=O) groups excluding carboxylic acids is 1. The lowest BCUT2D eigenvalue weighted by Gasteiger charge is -2.09. The Kier molecular flexibility index (Phi) is 5.28. The number of hydrogen-bond donors (Lipinski definition) is 1. The van der Waals surface area contributed by atoms with Crippen LogP contribution >= 0.6 is 35.0 Å². The van der Waals surface area contributed by atoms with Crippen LogP contribution in [0.2, 0.25) is 10.0 Å². The van der Waals surface area contributed by atoms with Gasteiger partial charge >= 0.3 is 0 Å². The summed E-state index contributed by atoms with van der Waals surface area (Å²) in [5.74, 6) is -0.605. The second-order valence-corrected chi connectivity index (χ2v) is 5.94. The van der Waals surface area contributed by atoms with Gasteiger partial charge in [0.25, 0.3) is 11.6 Å². The van der Waals surface area contributed by atoms with E-state index in [0.29, 0.717) is 10.7 Å². The molecule has 0 atom stereocenters. The standard InChI is InChI=1S/C14H10Cl2N2O3S/c1-22-9-3-5-13(18(20)21)10(7-9)14(19)17-12-4-2-8(15)6-11(12)16/h2-7H,1H3,(H,17,19). The Hall–Kier alpha value is -1.76. The minimum atomic E-state index is -0.605. The first-order chi connectivity index (χ1) is 10.4. The number of nitro groups is 1. The second kappa shape index (κ2) is 7.00. The second-order valence-electron chi connectivity index (χ2n) is 4.22. The lowest BCUT2D eigenvalue weighted by atomic mass is 10.1. The van der Waals surface area contributed by atoms with E-state index in [0.717, 1.165) is 4.90 Å². The number of amides is 1. The molecule has 5 nitrogen and oxygen atoms in total. The molecule has 0 radical (unpaired) electrons. The molecular weight excluding hydrogens is 347 g/mol. The Balaban J connectivity index is 2.38. The molecular formula is C14H10Cl2N2O3S. The summed E-state index contributed by atoms with van der Waals surface area (Å²) in [6.07, 6.45) is 1.82. The summed E-state index contributed by atoms with van der Waals surface area (Å²) in [6, 6.07) is 8.95. The molecule has 2 rings (SSSR count). The quantitative estimate of drug-likeness (QED) is 0.481. The van der Waals surface area contributed by atoms with E-state index in [1.807, 2.05) is 6.26 Å². The molecule has 0 saturated heterocycles. The highest BCUT2D eigenvalue weighted by molar-refractivity contribution is 7.98. The van der Waals surface area contributed by atoms with E-state index >= 15 is 0 Å². The number of nitrogens with one attached hydrogen (secondary N) is 1. The number of rotatable bonds is 4. The van der Waals surface area contributed by atoms with Crippen LogP contribution in [0.3, 0.4) is 0 Å². The van der Waals surface area contributed by atoms with Gasteiger partial charge in [-0.1, -0.05) is 23.2 Å². The van der Waals surface area contributed by atoms with Crippen LogP contribution in [0.5, 0.6) is 0 Å². The van der Waals surface area contributed by atoms with Crippen molar-refractivity contribution in [2.45, 2.75) is 4.90 Å². The largest absolute Gasteiger partial charge is 0.320 e. The number of nitro benzene ring substituents is 1. The first kappa shape index (κ1) is 16.6. The molecule has 0 aromatic heterocycles. The van der Waals surface area contributed by atoms with Crippen molar-refractivity contribution in [3.63, 3.8) is 0 Å². The maximum atomic E-state index is 12.3. The zero-order valence-corrected chi connectivity index (χ0v) is 13.6. The molecule has 0 saturated carbocycles. The fourth-order valence-electron chi connectivity index (χ4n) is 1.76. The van der Waals surface area contributed by atoms with Crippen molar-refractivity contribution in [1.82, 2.24) is 0 Å². The molecule has 0 unspecified atom stereocenters. The minimum absolute atomic E-state index is 0.0251. The number of benzene rings is 2. The third-order valence-corrected chi connectivity index (χ3v) is 4.10. The average Bonchev–Trinajstić information content (AvgIpc) is 2.49. The molecule has 2 aromatic carbocycles. The molecule has 0 spiro atoms. The van der Waals surface area contributed by atoms with Gasteiger partial charge in [0, 0.05) is 16.0 Å². The van der Waals surface area contributed by atoms with E-state index in [1.165, 1.54) is 36.0 Å². The number of hydrogen-bond acceptors (Lipinski definition) is 4. The van der Waals surface area contributed by atoms with Crippen LogP contribution in [-0.2, 0) is 0 Å². The van der Waals surface area contributed by atoms with Crippen molar-refractivity contribution < 1.29 is 9.72 Å². The summed E-state index contributed by atoms with van der Waals surface area (Å²) in [7, 11) is 0. The molecule has 1 N–H and O–H groups in total. The molecule has 2 aromatic rings. The van der Waals surface area contributed by atoms with Gasteiger partial charge in [-0.15, -0.1) is 11.8 Å². The van der Waals surface area contributed by atoms with Crippen LogP contribution < -0.4 is 5.32 Å². The van der Waals surface area contributed by atoms with Gasteiger partial charge in [-0.05, 0) is 36.6 Å². The van der Waals surface area contributed by atoms with Crippen LogP contribution in [0.15, 0.2) is 41.3 Å². The SMILES string of the molecule is CSc1ccc([N+](=O)[O-])c(C(=O)Nc2ccc(Cl)cc2Cl)c1. The molecule has 8 heteroatoms. The zero-order chi connectivity index (χ0) is 16.3. The number of carbonyl (C=O) groups is 1. The predicted octanol–water partition coefficient (Wildman–Crippen LogP) is 4.88. The maximum absolute atomic E-state index is 12.3. The van der Waals surface area contributed by atoms with E-state index in [4.69, 9.17) is 23.2 Å². The van der Waals surface area contributed by atoms with Crippen molar-refractivity contribution in [2.75, 3.05) is 11.6 Å². The number of halogens is 2. The summed E-state index contributed by atoms with van der Waals surface area (Å²) in [5.41, 5.74) is 0.0446. The molecule has 114 valence electrons. The van der Waals surface area contributed by atoms with Gasteiger partial charge in [-0.2, -0.15) is 0 Å². The van der Waals surface area contributed by atoms with Crippen LogP contribution in [0.25, 0.3) is 0 Å². The van der Waals surface area contributed by atoms with Crippen molar-refractivity contribution in [1.29, 1.82) is 0 Å². The number of anilines is 1. The fraction of sp³-hybridized carbons (Fsp3) is 0.0714. The van der Waals surface area contributed by atoms with Crippen molar-refractivity contribution in [3.05, 3.63) is 62.1 Å². The van der Waals surface area contributed by atoms with Gasteiger partial charge in [-0.25, -0.2) is 0 Å². The molecule has 0 aliphatic carbocycles. The highest BCUT2D eigenvalue weighted by Gasteiger charge is 2.21. The minimum Gasteiger partial charge on any atom is -0.320 e. The van der Waals surface area contributed by atoms with E-state index < -0.39 is 10.8 Å². The van der Waals surface area contributed by atoms with E-state index in [1.54, 1.807) is 12.1 Å². The Morgan fingerprint density at radius 2 is 1.95 bits per heavy atom. The summed E-state index contributed by atoms with van der Waals surface area (Å²) in [4.78, 5) is 23.5. The van der Waals surface area contributed by atoms with E-state index in [-0.39, 0.29) is 16.3 Å². The molecule has 0 fully saturated rings. The molecule has 1 amide bonds. The average molecular weight is 357 g/mol. The Bertz CT molecular complexity index is 753. The summed E-state index contributed by atoms with van der Waals surface area (Å²) in [5, 5.41) is 14.3. The number of thioether (sulfide) groups is 1. The summed E-state index contributed by atoms with van der Waals surface area (Å²) in [6.45, 7) is 0. The zero-order valence-electron chi connectivity index (χ0n) is 11.3. The number of nitrogens with zero attached hydrogens (tertiary/aromatic N) is 1. The molecule has 0 aliphatic heterocycles. The van der Waals surface area contributed by atoms with Gasteiger partial charge in [0.05, 0.1) is 15.6 Å². The first-order valence-corrected chi connectivity index (χ1v) is 7.99. The lowest BCUT2D eigenvalue weighted by molar-refractivity contribution is -0.385. The van der Waals surface area contributed by atoms with Gasteiger partial charge in [-0.3, -0.25) is 14.9 Å². The van der Waals surface area contributed by atoms with Gasteiger partial charge < -0.3 is 5.32 Å². The smallest absolute Gasteiger partial charge is 0.282 e.